The quantitative estimate of drug-likeness (QED) is 0.912. The van der Waals surface area contributed by atoms with Gasteiger partial charge in [-0.05, 0) is 38.4 Å². The van der Waals surface area contributed by atoms with Crippen LogP contribution in [-0.2, 0) is 11.3 Å². The van der Waals surface area contributed by atoms with Crippen molar-refractivity contribution in [3.05, 3.63) is 28.8 Å². The Balaban J connectivity index is 1.92. The summed E-state index contributed by atoms with van der Waals surface area (Å²) in [5.74, 6) is 0.263. The van der Waals surface area contributed by atoms with Crippen LogP contribution in [0.15, 0.2) is 18.2 Å². The van der Waals surface area contributed by atoms with Crippen molar-refractivity contribution in [1.82, 2.24) is 4.90 Å². The number of phenolic OH excluding ortho intramolecular Hbond substituents is 1. The number of aromatic hydroxyl groups is 1. The average Bonchev–Trinajstić information content (AvgIpc) is 2.35. The fraction of sp³-hybridized carbons (Fsp3) is 0.571. The summed E-state index contributed by atoms with van der Waals surface area (Å²) in [6.07, 6.45) is 3.86. The van der Waals surface area contributed by atoms with Crippen LogP contribution in [0.5, 0.6) is 5.75 Å². The van der Waals surface area contributed by atoms with E-state index in [1.807, 2.05) is 13.1 Å². The van der Waals surface area contributed by atoms with Crippen molar-refractivity contribution < 1.29 is 9.84 Å². The molecule has 0 spiro atoms. The van der Waals surface area contributed by atoms with Crippen LogP contribution >= 0.6 is 11.6 Å². The molecule has 0 radical (unpaired) electrons. The zero-order chi connectivity index (χ0) is 13.0. The Kier molecular flexibility index (Phi) is 4.87. The minimum absolute atomic E-state index is 0.263. The first-order chi connectivity index (χ1) is 8.66. The highest BCUT2D eigenvalue weighted by molar-refractivity contribution is 6.31. The van der Waals surface area contributed by atoms with Crippen LogP contribution in [0, 0.1) is 0 Å². The van der Waals surface area contributed by atoms with Gasteiger partial charge in [-0.25, -0.2) is 0 Å². The van der Waals surface area contributed by atoms with Crippen LogP contribution in [-0.4, -0.2) is 36.3 Å². The van der Waals surface area contributed by atoms with Crippen molar-refractivity contribution in [3.63, 3.8) is 0 Å². The summed E-state index contributed by atoms with van der Waals surface area (Å²) < 4.78 is 5.71. The molecule has 0 aromatic heterocycles. The van der Waals surface area contributed by atoms with E-state index in [1.165, 1.54) is 12.8 Å². The number of likely N-dealkylation sites (N-methyl/N-ethyl adjacent to an activating group) is 1. The zero-order valence-electron chi connectivity index (χ0n) is 10.7. The Morgan fingerprint density at radius 2 is 2.28 bits per heavy atom. The summed E-state index contributed by atoms with van der Waals surface area (Å²) >= 11 is 6.10. The number of hydrogen-bond donors (Lipinski definition) is 1. The lowest BCUT2D eigenvalue weighted by atomic mass is 10.1. The lowest BCUT2D eigenvalue weighted by Gasteiger charge is -2.27. The zero-order valence-corrected chi connectivity index (χ0v) is 11.5. The molecule has 18 heavy (non-hydrogen) atoms. The third-order valence-corrected chi connectivity index (χ3v) is 3.67. The van der Waals surface area contributed by atoms with Gasteiger partial charge < -0.3 is 9.84 Å². The molecule has 3 nitrogen and oxygen atoms in total. The first-order valence-electron chi connectivity index (χ1n) is 6.43. The van der Waals surface area contributed by atoms with Gasteiger partial charge in [0.2, 0.25) is 0 Å². The summed E-state index contributed by atoms with van der Waals surface area (Å²) in [6.45, 7) is 2.39. The van der Waals surface area contributed by atoms with Gasteiger partial charge in [0.05, 0.1) is 6.10 Å². The van der Waals surface area contributed by atoms with Gasteiger partial charge in [-0.15, -0.1) is 0 Å². The van der Waals surface area contributed by atoms with Crippen molar-refractivity contribution >= 4 is 11.6 Å². The van der Waals surface area contributed by atoms with Gasteiger partial charge in [0.15, 0.2) is 0 Å². The van der Waals surface area contributed by atoms with Crippen LogP contribution in [0.2, 0.25) is 5.02 Å². The number of hydrogen-bond acceptors (Lipinski definition) is 3. The second kappa shape index (κ2) is 6.41. The molecule has 1 N–H and O–H groups in total. The van der Waals surface area contributed by atoms with Crippen LogP contribution in [0.3, 0.4) is 0 Å². The van der Waals surface area contributed by atoms with E-state index < -0.39 is 0 Å². The molecule has 100 valence electrons. The molecule has 1 saturated heterocycles. The van der Waals surface area contributed by atoms with Crippen molar-refractivity contribution in [2.24, 2.45) is 0 Å². The third kappa shape index (κ3) is 3.61. The van der Waals surface area contributed by atoms with E-state index in [1.54, 1.807) is 12.1 Å². The maximum Gasteiger partial charge on any atom is 0.121 e. The maximum atomic E-state index is 9.80. The van der Waals surface area contributed by atoms with Crippen LogP contribution in [0.4, 0.5) is 0 Å². The predicted octanol–water partition coefficient (Wildman–Crippen LogP) is 3.05. The molecule has 0 bridgehead atoms. The van der Waals surface area contributed by atoms with E-state index in [0.29, 0.717) is 17.7 Å². The van der Waals surface area contributed by atoms with Crippen LogP contribution in [0.25, 0.3) is 0 Å². The number of halogens is 1. The fourth-order valence-corrected chi connectivity index (χ4v) is 2.57. The second-order valence-electron chi connectivity index (χ2n) is 4.92. The standard InChI is InChI=1S/C14H20ClNO2/c1-16(9-11-5-2-3-8-18-11)10-12-13(15)6-4-7-14(12)17/h4,6-7,11,17H,2-3,5,8-10H2,1H3. The molecule has 1 fully saturated rings. The lowest BCUT2D eigenvalue weighted by molar-refractivity contribution is -0.00267. The van der Waals surface area contributed by atoms with Crippen molar-refractivity contribution in [3.8, 4) is 5.75 Å². The molecule has 4 heteroatoms. The molecular weight excluding hydrogens is 250 g/mol. The van der Waals surface area contributed by atoms with E-state index >= 15 is 0 Å². The predicted molar refractivity (Wildman–Crippen MR) is 73.0 cm³/mol. The van der Waals surface area contributed by atoms with Crippen molar-refractivity contribution in [1.29, 1.82) is 0 Å². The van der Waals surface area contributed by atoms with Gasteiger partial charge in [0.1, 0.15) is 5.75 Å². The van der Waals surface area contributed by atoms with Crippen molar-refractivity contribution in [2.75, 3.05) is 20.2 Å². The number of nitrogens with zero attached hydrogens (tertiary/aromatic N) is 1. The molecule has 0 saturated carbocycles. The Morgan fingerprint density at radius 1 is 1.44 bits per heavy atom. The highest BCUT2D eigenvalue weighted by atomic mass is 35.5. The van der Waals surface area contributed by atoms with E-state index in [2.05, 4.69) is 4.90 Å². The summed E-state index contributed by atoms with van der Waals surface area (Å²) in [4.78, 5) is 2.15. The van der Waals surface area contributed by atoms with E-state index in [0.717, 1.165) is 25.1 Å². The molecule has 1 atom stereocenters. The Morgan fingerprint density at radius 3 is 2.94 bits per heavy atom. The van der Waals surface area contributed by atoms with Crippen LogP contribution in [0.1, 0.15) is 24.8 Å². The summed E-state index contributed by atoms with van der Waals surface area (Å²) in [5.41, 5.74) is 0.789. The minimum Gasteiger partial charge on any atom is -0.508 e. The number of rotatable bonds is 4. The minimum atomic E-state index is 0.263. The fourth-order valence-electron chi connectivity index (χ4n) is 2.34. The van der Waals surface area contributed by atoms with E-state index in [4.69, 9.17) is 16.3 Å². The molecule has 1 aliphatic rings. The first kappa shape index (κ1) is 13.7. The van der Waals surface area contributed by atoms with Gasteiger partial charge in [0, 0.05) is 30.3 Å². The van der Waals surface area contributed by atoms with Crippen molar-refractivity contribution in [2.45, 2.75) is 31.9 Å². The molecule has 1 heterocycles. The molecule has 0 amide bonds. The normalized spacial score (nSPS) is 20.3. The maximum absolute atomic E-state index is 9.80. The lowest BCUT2D eigenvalue weighted by Crippen LogP contribution is -2.33. The molecule has 1 aliphatic heterocycles. The monoisotopic (exact) mass is 269 g/mol. The third-order valence-electron chi connectivity index (χ3n) is 3.31. The Bertz CT molecular complexity index is 371. The topological polar surface area (TPSA) is 32.7 Å². The molecule has 1 aromatic carbocycles. The number of phenols is 1. The van der Waals surface area contributed by atoms with Gasteiger partial charge >= 0.3 is 0 Å². The molecule has 1 aromatic rings. The van der Waals surface area contributed by atoms with Crippen LogP contribution < -0.4 is 0 Å². The number of ether oxygens (including phenoxy) is 1. The first-order valence-corrected chi connectivity index (χ1v) is 6.81. The average molecular weight is 270 g/mol. The highest BCUT2D eigenvalue weighted by Gasteiger charge is 2.17. The molecule has 2 rings (SSSR count). The second-order valence-corrected chi connectivity index (χ2v) is 5.33. The van der Waals surface area contributed by atoms with Gasteiger partial charge in [-0.1, -0.05) is 17.7 Å². The van der Waals surface area contributed by atoms with Gasteiger partial charge in [-0.3, -0.25) is 4.90 Å². The van der Waals surface area contributed by atoms with E-state index in [-0.39, 0.29) is 5.75 Å². The summed E-state index contributed by atoms with van der Waals surface area (Å²) in [5, 5.41) is 10.4. The Hall–Kier alpha value is -0.770. The molecular formula is C14H20ClNO2. The largest absolute Gasteiger partial charge is 0.508 e. The molecule has 1 unspecified atom stereocenters. The molecule has 0 aliphatic carbocycles. The SMILES string of the molecule is CN(Cc1c(O)cccc1Cl)CC1CCCCO1. The smallest absolute Gasteiger partial charge is 0.121 e. The van der Waals surface area contributed by atoms with Gasteiger partial charge in [-0.2, -0.15) is 0 Å². The summed E-state index contributed by atoms with van der Waals surface area (Å²) in [6, 6.07) is 5.24. The number of benzene rings is 1. The summed E-state index contributed by atoms with van der Waals surface area (Å²) in [7, 11) is 2.03. The van der Waals surface area contributed by atoms with E-state index in [9.17, 15) is 5.11 Å². The Labute approximate surface area is 113 Å². The highest BCUT2D eigenvalue weighted by Crippen LogP contribution is 2.26. The van der Waals surface area contributed by atoms with Gasteiger partial charge in [0.25, 0.3) is 0 Å².